The highest BCUT2D eigenvalue weighted by Crippen LogP contribution is 2.23. The van der Waals surface area contributed by atoms with Crippen molar-refractivity contribution in [2.24, 2.45) is 0 Å². The second kappa shape index (κ2) is 10.6. The maximum atomic E-state index is 5.60. The van der Waals surface area contributed by atoms with Crippen LogP contribution in [0.5, 0.6) is 0 Å². The van der Waals surface area contributed by atoms with Crippen LogP contribution >= 0.6 is 23.6 Å². The highest BCUT2D eigenvalue weighted by Gasteiger charge is 2.21. The monoisotopic (exact) mass is 498 g/mol. The number of piperazine rings is 1. The Morgan fingerprint density at radius 1 is 0.971 bits per heavy atom. The second-order valence-electron chi connectivity index (χ2n) is 9.60. The molecule has 2 aliphatic rings. The predicted octanol–water partition coefficient (Wildman–Crippen LogP) is 4.63. The van der Waals surface area contributed by atoms with Crippen LogP contribution in [0.25, 0.3) is 0 Å². The lowest BCUT2D eigenvalue weighted by Crippen LogP contribution is -2.46. The Balaban J connectivity index is 1.14. The van der Waals surface area contributed by atoms with E-state index in [0.29, 0.717) is 5.92 Å². The van der Waals surface area contributed by atoms with Gasteiger partial charge >= 0.3 is 0 Å². The van der Waals surface area contributed by atoms with Crippen LogP contribution in [-0.2, 0) is 26.2 Å². The van der Waals surface area contributed by atoms with Gasteiger partial charge in [0.1, 0.15) is 11.6 Å². The Hall–Kier alpha value is -2.14. The van der Waals surface area contributed by atoms with E-state index in [9.17, 15) is 0 Å². The summed E-state index contributed by atoms with van der Waals surface area (Å²) in [7, 11) is 0. The van der Waals surface area contributed by atoms with E-state index in [-0.39, 0.29) is 0 Å². The van der Waals surface area contributed by atoms with Gasteiger partial charge in [-0.25, -0.2) is 4.68 Å². The summed E-state index contributed by atoms with van der Waals surface area (Å²) in [6.07, 6.45) is 4.83. The molecule has 1 N–H and O–H groups in total. The molecule has 1 saturated heterocycles. The van der Waals surface area contributed by atoms with Gasteiger partial charge in [0.05, 0.1) is 13.2 Å². The number of benzene rings is 1. The highest BCUT2D eigenvalue weighted by atomic mass is 32.1. The van der Waals surface area contributed by atoms with Crippen molar-refractivity contribution < 1.29 is 0 Å². The number of anilines is 2. The highest BCUT2D eigenvalue weighted by molar-refractivity contribution is 7.73. The summed E-state index contributed by atoms with van der Waals surface area (Å²) in [4.78, 5) is 4.92. The van der Waals surface area contributed by atoms with Crippen LogP contribution in [0, 0.1) is 3.95 Å². The number of nitrogens with zero attached hydrogens (tertiary/aromatic N) is 7. The van der Waals surface area contributed by atoms with Crippen LogP contribution in [-0.4, -0.2) is 60.5 Å². The van der Waals surface area contributed by atoms with Crippen LogP contribution < -0.4 is 5.32 Å². The zero-order valence-electron chi connectivity index (χ0n) is 20.1. The van der Waals surface area contributed by atoms with Crippen LogP contribution in [0.3, 0.4) is 0 Å². The molecule has 2 aromatic heterocycles. The molecule has 0 atom stereocenters. The molecule has 10 heteroatoms. The van der Waals surface area contributed by atoms with Crippen molar-refractivity contribution in [2.45, 2.75) is 65.2 Å². The van der Waals surface area contributed by atoms with Gasteiger partial charge in [-0.15, -0.1) is 15.3 Å². The minimum atomic E-state index is 0.530. The normalized spacial score (nSPS) is 17.6. The molecule has 0 bridgehead atoms. The summed E-state index contributed by atoms with van der Waals surface area (Å²) in [5, 5.41) is 17.9. The number of rotatable bonds is 7. The first-order valence-electron chi connectivity index (χ1n) is 12.4. The van der Waals surface area contributed by atoms with E-state index in [4.69, 9.17) is 17.3 Å². The minimum absolute atomic E-state index is 0.530. The summed E-state index contributed by atoms with van der Waals surface area (Å²) < 4.78 is 5.10. The molecule has 8 nitrogen and oxygen atoms in total. The lowest BCUT2D eigenvalue weighted by Gasteiger charge is -2.34. The van der Waals surface area contributed by atoms with Crippen LogP contribution in [0.4, 0.5) is 10.8 Å². The van der Waals surface area contributed by atoms with Crippen molar-refractivity contribution in [2.75, 3.05) is 31.5 Å². The molecular weight excluding hydrogens is 464 g/mol. The second-order valence-corrected chi connectivity index (χ2v) is 11.2. The lowest BCUT2D eigenvalue weighted by molar-refractivity contribution is 0.0960. The Morgan fingerprint density at radius 3 is 2.50 bits per heavy atom. The van der Waals surface area contributed by atoms with E-state index in [1.54, 1.807) is 0 Å². The number of fused-ring (bicyclic) bond motifs is 1. The fraction of sp³-hybridized carbons (Fsp3) is 0.583. The summed E-state index contributed by atoms with van der Waals surface area (Å²) in [5.41, 5.74) is 2.38. The maximum Gasteiger partial charge on any atom is 0.209 e. The van der Waals surface area contributed by atoms with E-state index >= 15 is 0 Å². The predicted molar refractivity (Wildman–Crippen MR) is 139 cm³/mol. The average molecular weight is 499 g/mol. The zero-order valence-corrected chi connectivity index (χ0v) is 21.7. The van der Waals surface area contributed by atoms with E-state index in [1.807, 2.05) is 4.68 Å². The van der Waals surface area contributed by atoms with E-state index in [2.05, 4.69) is 68.0 Å². The molecule has 2 aliphatic heterocycles. The Morgan fingerprint density at radius 2 is 1.74 bits per heavy atom. The van der Waals surface area contributed by atoms with Gasteiger partial charge in [0.25, 0.3) is 0 Å². The molecule has 1 aromatic carbocycles. The SMILES string of the molecule is CC(C)c1ccc(Nc2nn(CN3CCN(Cc4nnc5n4CCCCC5)CC3)c(=S)s2)cc1. The van der Waals surface area contributed by atoms with Crippen molar-refractivity contribution in [1.29, 1.82) is 0 Å². The van der Waals surface area contributed by atoms with Crippen molar-refractivity contribution >= 4 is 34.4 Å². The van der Waals surface area contributed by atoms with Gasteiger partial charge in [0.2, 0.25) is 5.13 Å². The summed E-state index contributed by atoms with van der Waals surface area (Å²) in [5.74, 6) is 2.83. The van der Waals surface area contributed by atoms with Gasteiger partial charge in [-0.3, -0.25) is 9.80 Å². The van der Waals surface area contributed by atoms with Crippen LogP contribution in [0.15, 0.2) is 24.3 Å². The van der Waals surface area contributed by atoms with E-state index in [0.717, 1.165) is 73.0 Å². The quantitative estimate of drug-likeness (QED) is 0.476. The number of aromatic nitrogens is 5. The third-order valence-corrected chi connectivity index (χ3v) is 8.01. The molecule has 0 unspecified atom stereocenters. The molecule has 34 heavy (non-hydrogen) atoms. The number of hydrogen-bond acceptors (Lipinski definition) is 8. The van der Waals surface area contributed by atoms with Crippen LogP contribution in [0.1, 0.15) is 56.2 Å². The summed E-state index contributed by atoms with van der Waals surface area (Å²) in [6, 6.07) is 8.55. The first-order chi connectivity index (χ1) is 16.5. The molecule has 5 rings (SSSR count). The Bertz CT molecular complexity index is 1140. The van der Waals surface area contributed by atoms with Crippen LogP contribution in [0.2, 0.25) is 0 Å². The molecule has 0 aliphatic carbocycles. The number of hydrogen-bond donors (Lipinski definition) is 1. The standard InChI is InChI=1S/C24H34N8S2/c1-18(2)19-7-9-20(10-8-19)25-23-28-32(24(33)34-23)17-30-14-12-29(13-15-30)16-22-27-26-21-6-4-3-5-11-31(21)22/h7-10,18H,3-6,11-17H2,1-2H3,(H,25,28). The molecule has 0 amide bonds. The van der Waals surface area contributed by atoms with E-state index in [1.165, 1.54) is 42.0 Å². The van der Waals surface area contributed by atoms with Gasteiger partial charge in [-0.2, -0.15) is 0 Å². The Labute approximate surface area is 210 Å². The first kappa shape index (κ1) is 23.6. The smallest absolute Gasteiger partial charge is 0.209 e. The molecule has 3 aromatic rings. The molecule has 0 radical (unpaired) electrons. The fourth-order valence-corrected chi connectivity index (χ4v) is 5.67. The molecule has 182 valence electrons. The van der Waals surface area contributed by atoms with Crippen molar-refractivity contribution in [3.63, 3.8) is 0 Å². The molecule has 4 heterocycles. The first-order valence-corrected chi connectivity index (χ1v) is 13.6. The summed E-state index contributed by atoms with van der Waals surface area (Å²) >= 11 is 7.13. The van der Waals surface area contributed by atoms with Gasteiger partial charge in [0.15, 0.2) is 3.95 Å². The summed E-state index contributed by atoms with van der Waals surface area (Å²) in [6.45, 7) is 11.1. The van der Waals surface area contributed by atoms with E-state index < -0.39 is 0 Å². The minimum Gasteiger partial charge on any atom is -0.330 e. The Kier molecular flexibility index (Phi) is 7.38. The van der Waals surface area contributed by atoms with Gasteiger partial charge in [-0.1, -0.05) is 43.7 Å². The zero-order chi connectivity index (χ0) is 23.5. The van der Waals surface area contributed by atoms with Gasteiger partial charge < -0.3 is 9.88 Å². The topological polar surface area (TPSA) is 67.0 Å². The maximum absolute atomic E-state index is 5.60. The number of nitrogens with one attached hydrogen (secondary N) is 1. The molecule has 0 saturated carbocycles. The van der Waals surface area contributed by atoms with Gasteiger partial charge in [0, 0.05) is 44.8 Å². The van der Waals surface area contributed by atoms with Crippen molar-refractivity contribution in [3.05, 3.63) is 45.4 Å². The largest absolute Gasteiger partial charge is 0.330 e. The third-order valence-electron chi connectivity index (χ3n) is 6.78. The van der Waals surface area contributed by atoms with Crippen molar-refractivity contribution in [3.8, 4) is 0 Å². The molecule has 0 spiro atoms. The van der Waals surface area contributed by atoms with Crippen molar-refractivity contribution in [1.82, 2.24) is 34.3 Å². The lowest BCUT2D eigenvalue weighted by atomic mass is 10.0. The average Bonchev–Trinajstić information content (AvgIpc) is 3.27. The van der Waals surface area contributed by atoms with Gasteiger partial charge in [-0.05, 0) is 48.7 Å². The third kappa shape index (κ3) is 5.56. The fourth-order valence-electron chi connectivity index (χ4n) is 4.66. The molecule has 1 fully saturated rings. The molecular formula is C24H34N8S2. The number of aryl methyl sites for hydroxylation is 1.